The van der Waals surface area contributed by atoms with Gasteiger partial charge in [0.15, 0.2) is 0 Å². The van der Waals surface area contributed by atoms with Gasteiger partial charge in [-0.25, -0.2) is 15.1 Å². The maximum Gasteiger partial charge on any atom is 0.485 e. The Morgan fingerprint density at radius 3 is 2.40 bits per heavy atom. The van der Waals surface area contributed by atoms with E-state index in [-0.39, 0.29) is 27.9 Å². The van der Waals surface area contributed by atoms with Gasteiger partial charge in [0.05, 0.1) is 21.9 Å². The predicted octanol–water partition coefficient (Wildman–Crippen LogP) is 6.95. The molecule has 0 fully saturated rings. The molecule has 0 aliphatic heterocycles. The molecule has 2 N–H and O–H groups in total. The smallest absolute Gasteiger partial charge is 0.485 e. The molecule has 0 aliphatic rings. The maximum absolute atomic E-state index is 13.5. The molecule has 208 valence electrons. The topological polar surface area (TPSA) is 83.6 Å². The summed E-state index contributed by atoms with van der Waals surface area (Å²) >= 11 is 13.1. The van der Waals surface area contributed by atoms with E-state index in [1.807, 2.05) is 30.3 Å². The quantitative estimate of drug-likeness (QED) is 0.228. The number of urea groups is 1. The van der Waals surface area contributed by atoms with Crippen LogP contribution in [0.4, 0.5) is 23.7 Å². The third-order valence-electron chi connectivity index (χ3n) is 6.01. The van der Waals surface area contributed by atoms with Crippen LogP contribution in [0.15, 0.2) is 72.8 Å². The fraction of sp³-hybridized carbons (Fsp3) is 0.179. The summed E-state index contributed by atoms with van der Waals surface area (Å²) in [5, 5.41) is 4.20. The van der Waals surface area contributed by atoms with E-state index in [2.05, 4.69) is 10.3 Å². The lowest BCUT2D eigenvalue weighted by molar-refractivity contribution is -0.146. The van der Waals surface area contributed by atoms with Crippen molar-refractivity contribution in [1.29, 1.82) is 0 Å². The van der Waals surface area contributed by atoms with E-state index in [4.69, 9.17) is 27.9 Å². The van der Waals surface area contributed by atoms with Crippen LogP contribution in [0.2, 0.25) is 10.0 Å². The van der Waals surface area contributed by atoms with Crippen LogP contribution in [0.3, 0.4) is 0 Å². The molecule has 0 saturated heterocycles. The Morgan fingerprint density at radius 2 is 1.70 bits per heavy atom. The number of likely N-dealkylation sites (N-methyl/N-ethyl adjacent to an activating group) is 1. The molecule has 3 aromatic carbocycles. The number of amides is 3. The molecule has 1 aromatic heterocycles. The third kappa shape index (κ3) is 6.75. The van der Waals surface area contributed by atoms with Crippen LogP contribution in [0.5, 0.6) is 5.75 Å². The predicted molar refractivity (Wildman–Crippen MR) is 148 cm³/mol. The number of aryl methyl sites for hydroxylation is 1. The molecule has 12 heteroatoms. The number of alkyl halides is 3. The summed E-state index contributed by atoms with van der Waals surface area (Å²) in [5.74, 6) is -0.223. The zero-order chi connectivity index (χ0) is 29.0. The Labute approximate surface area is 237 Å². The van der Waals surface area contributed by atoms with Gasteiger partial charge in [-0.2, -0.15) is 13.2 Å². The van der Waals surface area contributed by atoms with Gasteiger partial charge in [0.2, 0.25) is 0 Å². The van der Waals surface area contributed by atoms with Crippen molar-refractivity contribution < 1.29 is 27.5 Å². The molecule has 0 radical (unpaired) electrons. The van der Waals surface area contributed by atoms with Crippen molar-refractivity contribution >= 4 is 51.7 Å². The minimum atomic E-state index is -4.98. The summed E-state index contributed by atoms with van der Waals surface area (Å²) in [7, 11) is 1.39. The largest absolute Gasteiger partial charge is 0.487 e. The highest BCUT2D eigenvalue weighted by Gasteiger charge is 2.34. The van der Waals surface area contributed by atoms with Crippen LogP contribution >= 0.6 is 23.2 Å². The highest BCUT2D eigenvalue weighted by Crippen LogP contribution is 2.36. The highest BCUT2D eigenvalue weighted by atomic mass is 35.5. The van der Waals surface area contributed by atoms with E-state index in [1.54, 1.807) is 25.1 Å². The number of benzene rings is 3. The Bertz CT molecular complexity index is 1550. The monoisotopic (exact) mass is 590 g/mol. The van der Waals surface area contributed by atoms with E-state index >= 15 is 0 Å². The second-order valence-corrected chi connectivity index (χ2v) is 9.53. The van der Waals surface area contributed by atoms with Crippen molar-refractivity contribution in [3.05, 3.63) is 99.7 Å². The van der Waals surface area contributed by atoms with Gasteiger partial charge >= 0.3 is 12.3 Å². The Kier molecular flexibility index (Phi) is 8.70. The number of rotatable bonds is 7. The zero-order valence-corrected chi connectivity index (χ0v) is 22.7. The number of hydrogen-bond donors (Lipinski definition) is 2. The lowest BCUT2D eigenvalue weighted by Crippen LogP contribution is -2.49. The number of halogens is 5. The first-order valence-electron chi connectivity index (χ1n) is 11.9. The first kappa shape index (κ1) is 29.0. The van der Waals surface area contributed by atoms with E-state index < -0.39 is 24.3 Å². The van der Waals surface area contributed by atoms with Gasteiger partial charge in [-0.1, -0.05) is 71.7 Å². The normalized spacial score (nSPS) is 12.1. The number of anilines is 1. The minimum Gasteiger partial charge on any atom is -0.487 e. The van der Waals surface area contributed by atoms with Gasteiger partial charge in [-0.15, -0.1) is 0 Å². The SMILES string of the molecule is Cc1nc2ccccc2cc1OCc1c(Cl)ccc(N(C)C(=O)C(NC(=O)NC(F)(F)F)c2ccccc2)c1Cl. The van der Waals surface area contributed by atoms with Crippen molar-refractivity contribution in [2.24, 2.45) is 0 Å². The Hall–Kier alpha value is -4.02. The molecule has 0 aliphatic carbocycles. The summed E-state index contributed by atoms with van der Waals surface area (Å²) < 4.78 is 44.1. The lowest BCUT2D eigenvalue weighted by atomic mass is 10.1. The van der Waals surface area contributed by atoms with E-state index in [1.165, 1.54) is 31.3 Å². The molecule has 1 unspecified atom stereocenters. The fourth-order valence-electron chi connectivity index (χ4n) is 4.01. The fourth-order valence-corrected chi connectivity index (χ4v) is 4.61. The van der Waals surface area contributed by atoms with Crippen LogP contribution in [-0.4, -0.2) is 30.3 Å². The second kappa shape index (κ2) is 12.0. The number of carbonyl (C=O) groups excluding carboxylic acids is 2. The van der Waals surface area contributed by atoms with E-state index in [9.17, 15) is 22.8 Å². The summed E-state index contributed by atoms with van der Waals surface area (Å²) in [6, 6.07) is 17.3. The van der Waals surface area contributed by atoms with Gasteiger partial charge in [0.25, 0.3) is 5.91 Å². The minimum absolute atomic E-state index is 0.0528. The van der Waals surface area contributed by atoms with Crippen molar-refractivity contribution in [2.45, 2.75) is 25.9 Å². The number of nitrogens with zero attached hydrogens (tertiary/aromatic N) is 2. The second-order valence-electron chi connectivity index (χ2n) is 8.75. The zero-order valence-electron chi connectivity index (χ0n) is 21.2. The molecule has 7 nitrogen and oxygen atoms in total. The number of pyridine rings is 1. The van der Waals surface area contributed by atoms with E-state index in [0.717, 1.165) is 21.1 Å². The van der Waals surface area contributed by atoms with Crippen molar-refractivity contribution in [3.8, 4) is 5.75 Å². The van der Waals surface area contributed by atoms with Gasteiger partial charge in [-0.05, 0) is 36.8 Å². The summed E-state index contributed by atoms with van der Waals surface area (Å²) in [5.41, 5.74) is 2.33. The van der Waals surface area contributed by atoms with Crippen molar-refractivity contribution in [3.63, 3.8) is 0 Å². The van der Waals surface area contributed by atoms with Gasteiger partial charge in [0.1, 0.15) is 18.4 Å². The third-order valence-corrected chi connectivity index (χ3v) is 6.78. The van der Waals surface area contributed by atoms with Crippen molar-refractivity contribution in [2.75, 3.05) is 11.9 Å². The number of aromatic nitrogens is 1. The molecule has 40 heavy (non-hydrogen) atoms. The molecule has 0 spiro atoms. The van der Waals surface area contributed by atoms with E-state index in [0.29, 0.717) is 17.0 Å². The molecule has 1 heterocycles. The first-order valence-corrected chi connectivity index (χ1v) is 12.6. The molecule has 0 bridgehead atoms. The average Bonchev–Trinajstić information content (AvgIpc) is 2.90. The van der Waals surface area contributed by atoms with Gasteiger partial charge in [-0.3, -0.25) is 4.79 Å². The Balaban J connectivity index is 1.60. The standard InChI is InChI=1S/C28H23Cl2F3N4O3/c1-16-23(14-18-10-6-7-11-21(18)34-16)40-15-19-20(29)12-13-22(24(19)30)37(2)26(38)25(17-8-4-3-5-9-17)35-27(39)36-28(31,32)33/h3-14,25H,15H2,1-2H3,(H2,35,36,39). The van der Waals surface area contributed by atoms with Gasteiger partial charge in [0, 0.05) is 23.0 Å². The molecule has 4 aromatic rings. The van der Waals surface area contributed by atoms with Crippen LogP contribution in [-0.2, 0) is 11.4 Å². The molecule has 1 atom stereocenters. The summed E-state index contributed by atoms with van der Waals surface area (Å²) in [4.78, 5) is 31.2. The molecular formula is C28H23Cl2F3N4O3. The van der Waals surface area contributed by atoms with Crippen LogP contribution in [0.25, 0.3) is 10.9 Å². The number of carbonyl (C=O) groups is 2. The van der Waals surface area contributed by atoms with Crippen LogP contribution in [0.1, 0.15) is 22.9 Å². The molecule has 0 saturated carbocycles. The van der Waals surface area contributed by atoms with Crippen molar-refractivity contribution in [1.82, 2.24) is 15.6 Å². The number of ether oxygens (including phenoxy) is 1. The summed E-state index contributed by atoms with van der Waals surface area (Å²) in [6.07, 6.45) is -4.98. The molecular weight excluding hydrogens is 568 g/mol. The Morgan fingerprint density at radius 1 is 1.02 bits per heavy atom. The van der Waals surface area contributed by atoms with Gasteiger partial charge < -0.3 is 15.0 Å². The summed E-state index contributed by atoms with van der Waals surface area (Å²) in [6.45, 7) is 1.75. The number of fused-ring (bicyclic) bond motifs is 1. The van der Waals surface area contributed by atoms with Crippen LogP contribution < -0.4 is 20.3 Å². The maximum atomic E-state index is 13.5. The lowest BCUT2D eigenvalue weighted by Gasteiger charge is -2.27. The highest BCUT2D eigenvalue weighted by molar-refractivity contribution is 6.38. The number of nitrogens with one attached hydrogen (secondary N) is 2. The van der Waals surface area contributed by atoms with Crippen LogP contribution in [0, 0.1) is 6.92 Å². The molecule has 4 rings (SSSR count). The molecule has 3 amide bonds. The number of hydrogen-bond acceptors (Lipinski definition) is 4. The average molecular weight is 591 g/mol. The first-order chi connectivity index (χ1) is 18.9. The number of para-hydroxylation sites is 1.